The van der Waals surface area contributed by atoms with Gasteiger partial charge in [0.05, 0.1) is 12.1 Å². The quantitative estimate of drug-likeness (QED) is 0.730. The molecule has 0 aromatic heterocycles. The van der Waals surface area contributed by atoms with E-state index >= 15 is 0 Å². The molecule has 0 radical (unpaired) electrons. The number of hydrogen-bond donors (Lipinski definition) is 2. The summed E-state index contributed by atoms with van der Waals surface area (Å²) >= 11 is 11.1. The average Bonchev–Trinajstić information content (AvgIpc) is 2.45. The summed E-state index contributed by atoms with van der Waals surface area (Å²) < 4.78 is 45.5. The van der Waals surface area contributed by atoms with E-state index in [1.165, 1.54) is 25.3 Å². The summed E-state index contributed by atoms with van der Waals surface area (Å²) in [5.74, 6) is 0.167. The Labute approximate surface area is 146 Å². The molecule has 2 aromatic rings. The van der Waals surface area contributed by atoms with E-state index in [0.29, 0.717) is 22.1 Å². The first-order valence-corrected chi connectivity index (χ1v) is 7.33. The molecule has 128 valence electrons. The van der Waals surface area contributed by atoms with Gasteiger partial charge in [-0.3, -0.25) is 0 Å². The van der Waals surface area contributed by atoms with Crippen LogP contribution in [-0.4, -0.2) is 18.6 Å². The van der Waals surface area contributed by atoms with E-state index in [2.05, 4.69) is 15.4 Å². The number of methoxy groups -OCH3 is 1. The number of nitrogens with one attached hydrogen (secondary N) is 2. The number of alkyl halides is 3. The fourth-order valence-corrected chi connectivity index (χ4v) is 2.30. The molecule has 0 atom stereocenters. The van der Waals surface area contributed by atoms with Crippen molar-refractivity contribution in [3.8, 4) is 11.5 Å². The Hall–Kier alpha value is -2.19. The standard InChI is InChI=1S/C15H12ClF3N2O2S/c1-22-13-6-5-10(8-12(13)16)21-14(24)20-9-3-2-4-11(7-9)23-15(17,18)19/h2-8H,1H3,(H2,20,21,24). The maximum atomic E-state index is 12.2. The van der Waals surface area contributed by atoms with Gasteiger partial charge in [0.1, 0.15) is 11.5 Å². The first kappa shape index (κ1) is 18.2. The molecule has 24 heavy (non-hydrogen) atoms. The molecule has 2 rings (SSSR count). The van der Waals surface area contributed by atoms with Crippen LogP contribution in [0.3, 0.4) is 0 Å². The number of hydrogen-bond acceptors (Lipinski definition) is 3. The molecule has 0 heterocycles. The Bertz CT molecular complexity index is 741. The highest BCUT2D eigenvalue weighted by Gasteiger charge is 2.31. The maximum Gasteiger partial charge on any atom is 0.573 e. The molecule has 0 aliphatic rings. The van der Waals surface area contributed by atoms with Crippen LogP contribution in [0.2, 0.25) is 5.02 Å². The van der Waals surface area contributed by atoms with Gasteiger partial charge in [0.15, 0.2) is 5.11 Å². The Morgan fingerprint density at radius 1 is 1.08 bits per heavy atom. The summed E-state index contributed by atoms with van der Waals surface area (Å²) in [7, 11) is 1.50. The molecule has 0 bridgehead atoms. The SMILES string of the molecule is COc1ccc(NC(=S)Nc2cccc(OC(F)(F)F)c2)cc1Cl. The van der Waals surface area contributed by atoms with Gasteiger partial charge in [-0.25, -0.2) is 0 Å². The first-order valence-electron chi connectivity index (χ1n) is 6.54. The number of halogens is 4. The van der Waals surface area contributed by atoms with Crippen LogP contribution < -0.4 is 20.1 Å². The molecule has 0 spiro atoms. The van der Waals surface area contributed by atoms with Crippen molar-refractivity contribution in [3.63, 3.8) is 0 Å². The van der Waals surface area contributed by atoms with Crippen LogP contribution in [-0.2, 0) is 0 Å². The van der Waals surface area contributed by atoms with Crippen LogP contribution in [0.4, 0.5) is 24.5 Å². The highest BCUT2D eigenvalue weighted by molar-refractivity contribution is 7.80. The fraction of sp³-hybridized carbons (Fsp3) is 0.133. The maximum absolute atomic E-state index is 12.2. The number of rotatable bonds is 4. The lowest BCUT2D eigenvalue weighted by Crippen LogP contribution is -2.20. The smallest absolute Gasteiger partial charge is 0.495 e. The second-order valence-electron chi connectivity index (χ2n) is 4.50. The predicted octanol–water partition coefficient (Wildman–Crippen LogP) is 5.06. The van der Waals surface area contributed by atoms with Crippen LogP contribution in [0, 0.1) is 0 Å². The fourth-order valence-electron chi connectivity index (χ4n) is 1.81. The van der Waals surface area contributed by atoms with Gasteiger partial charge >= 0.3 is 6.36 Å². The molecule has 0 unspecified atom stereocenters. The van der Waals surface area contributed by atoms with Crippen LogP contribution in [0.25, 0.3) is 0 Å². The van der Waals surface area contributed by atoms with Gasteiger partial charge in [-0.15, -0.1) is 13.2 Å². The van der Waals surface area contributed by atoms with E-state index in [1.807, 2.05) is 0 Å². The number of thiocarbonyl (C=S) groups is 1. The van der Waals surface area contributed by atoms with Crippen molar-refractivity contribution in [2.24, 2.45) is 0 Å². The molecule has 0 saturated heterocycles. The van der Waals surface area contributed by atoms with Gasteiger partial charge in [0, 0.05) is 17.4 Å². The minimum Gasteiger partial charge on any atom is -0.495 e. The topological polar surface area (TPSA) is 42.5 Å². The zero-order valence-electron chi connectivity index (χ0n) is 12.3. The van der Waals surface area contributed by atoms with E-state index < -0.39 is 6.36 Å². The van der Waals surface area contributed by atoms with Crippen molar-refractivity contribution in [1.82, 2.24) is 0 Å². The lowest BCUT2D eigenvalue weighted by Gasteiger charge is -2.13. The molecule has 0 amide bonds. The largest absolute Gasteiger partial charge is 0.573 e. The third kappa shape index (κ3) is 5.47. The molecule has 2 N–H and O–H groups in total. The normalized spacial score (nSPS) is 10.9. The third-order valence-electron chi connectivity index (χ3n) is 2.74. The number of anilines is 2. The Balaban J connectivity index is 2.02. The van der Waals surface area contributed by atoms with Crippen molar-refractivity contribution in [1.29, 1.82) is 0 Å². The third-order valence-corrected chi connectivity index (χ3v) is 3.23. The zero-order chi connectivity index (χ0) is 17.7. The Morgan fingerprint density at radius 3 is 2.33 bits per heavy atom. The van der Waals surface area contributed by atoms with Gasteiger partial charge in [0.25, 0.3) is 0 Å². The molecule has 0 saturated carbocycles. The number of ether oxygens (including phenoxy) is 2. The molecular formula is C15H12ClF3N2O2S. The van der Waals surface area contributed by atoms with Gasteiger partial charge < -0.3 is 20.1 Å². The van der Waals surface area contributed by atoms with Crippen molar-refractivity contribution in [2.45, 2.75) is 6.36 Å². The van der Waals surface area contributed by atoms with Crippen LogP contribution in [0.5, 0.6) is 11.5 Å². The summed E-state index contributed by atoms with van der Waals surface area (Å²) in [4.78, 5) is 0. The zero-order valence-corrected chi connectivity index (χ0v) is 13.9. The van der Waals surface area contributed by atoms with Gasteiger partial charge in [0.2, 0.25) is 0 Å². The summed E-state index contributed by atoms with van der Waals surface area (Å²) in [5.41, 5.74) is 0.940. The molecule has 4 nitrogen and oxygen atoms in total. The molecule has 0 aliphatic carbocycles. The van der Waals surface area contributed by atoms with E-state index in [1.54, 1.807) is 24.3 Å². The molecule has 2 aromatic carbocycles. The highest BCUT2D eigenvalue weighted by Crippen LogP contribution is 2.28. The molecule has 9 heteroatoms. The van der Waals surface area contributed by atoms with Crippen molar-refractivity contribution >= 4 is 40.3 Å². The van der Waals surface area contributed by atoms with Gasteiger partial charge in [-0.05, 0) is 42.5 Å². The highest BCUT2D eigenvalue weighted by atomic mass is 35.5. The van der Waals surface area contributed by atoms with E-state index in [4.69, 9.17) is 28.6 Å². The summed E-state index contributed by atoms with van der Waals surface area (Å²) in [6.07, 6.45) is -4.75. The minimum atomic E-state index is -4.75. The molecule has 0 fully saturated rings. The molecule has 0 aliphatic heterocycles. The van der Waals surface area contributed by atoms with Crippen LogP contribution >= 0.6 is 23.8 Å². The molecular weight excluding hydrogens is 365 g/mol. The predicted molar refractivity (Wildman–Crippen MR) is 91.0 cm³/mol. The van der Waals surface area contributed by atoms with Crippen LogP contribution in [0.15, 0.2) is 42.5 Å². The monoisotopic (exact) mass is 376 g/mol. The summed E-state index contributed by atoms with van der Waals surface area (Å²) in [5, 5.41) is 6.21. The van der Waals surface area contributed by atoms with Crippen molar-refractivity contribution in [3.05, 3.63) is 47.5 Å². The van der Waals surface area contributed by atoms with Crippen LogP contribution in [0.1, 0.15) is 0 Å². The van der Waals surface area contributed by atoms with E-state index in [0.717, 1.165) is 0 Å². The average molecular weight is 377 g/mol. The van der Waals surface area contributed by atoms with Gasteiger partial charge in [-0.2, -0.15) is 0 Å². The van der Waals surface area contributed by atoms with Crippen molar-refractivity contribution in [2.75, 3.05) is 17.7 Å². The van der Waals surface area contributed by atoms with Gasteiger partial charge in [-0.1, -0.05) is 17.7 Å². The Kier molecular flexibility index (Phi) is 5.74. The lowest BCUT2D eigenvalue weighted by atomic mass is 10.3. The summed E-state index contributed by atoms with van der Waals surface area (Å²) in [6.45, 7) is 0. The second kappa shape index (κ2) is 7.59. The number of benzene rings is 2. The lowest BCUT2D eigenvalue weighted by molar-refractivity contribution is -0.274. The second-order valence-corrected chi connectivity index (χ2v) is 5.32. The summed E-state index contributed by atoms with van der Waals surface area (Å²) in [6, 6.07) is 10.3. The Morgan fingerprint density at radius 2 is 1.75 bits per heavy atom. The minimum absolute atomic E-state index is 0.181. The van der Waals surface area contributed by atoms with E-state index in [9.17, 15) is 13.2 Å². The van der Waals surface area contributed by atoms with E-state index in [-0.39, 0.29) is 10.9 Å². The van der Waals surface area contributed by atoms with Crippen molar-refractivity contribution < 1.29 is 22.6 Å². The first-order chi connectivity index (χ1) is 11.3.